The molecule has 0 saturated carbocycles. The molecule has 3 heterocycles. The van der Waals surface area contributed by atoms with Gasteiger partial charge in [0.2, 0.25) is 31.8 Å². The lowest BCUT2D eigenvalue weighted by atomic mass is 10.2. The summed E-state index contributed by atoms with van der Waals surface area (Å²) in [4.78, 5) is 17.3. The number of sulfone groups is 1. The Morgan fingerprint density at radius 2 is 2.10 bits per heavy atom. The molecule has 4 rings (SSSR count). The molecule has 1 atom stereocenters. The molecule has 1 fully saturated rings. The zero-order valence-corrected chi connectivity index (χ0v) is 19.5. The Hall–Kier alpha value is -1.85. The number of carbonyl (C=O) groups excluding carboxylic acids is 1. The van der Waals surface area contributed by atoms with Crippen LogP contribution in [0.3, 0.4) is 0 Å². The van der Waals surface area contributed by atoms with E-state index in [1.54, 1.807) is 6.07 Å². The van der Waals surface area contributed by atoms with Gasteiger partial charge in [0.05, 0.1) is 21.6 Å². The number of nitrogens with one attached hydrogen (secondary N) is 1. The standard InChI is InChI=1S/C20H19ClN2O5S3/c21-13-5-7-15(8-6-13)31(25,26)19-20(28-18(23-19)16-4-2-10-29-16)30-12-17(24)22-11-14-3-1-9-27-14/h2,4-8,10,14H,1,3,9,11-12H2,(H,22,24)/t14-/m1/s1. The van der Waals surface area contributed by atoms with Gasteiger partial charge in [-0.3, -0.25) is 4.79 Å². The van der Waals surface area contributed by atoms with E-state index in [2.05, 4.69) is 10.3 Å². The van der Waals surface area contributed by atoms with Crippen molar-refractivity contribution in [1.82, 2.24) is 10.3 Å². The number of amides is 1. The normalized spacial score (nSPS) is 16.5. The predicted octanol–water partition coefficient (Wildman–Crippen LogP) is 4.28. The molecule has 0 spiro atoms. The molecule has 1 aliphatic heterocycles. The zero-order chi connectivity index (χ0) is 21.8. The highest BCUT2D eigenvalue weighted by atomic mass is 35.5. The van der Waals surface area contributed by atoms with Crippen molar-refractivity contribution in [3.05, 3.63) is 46.8 Å². The van der Waals surface area contributed by atoms with Crippen LogP contribution in [0.15, 0.2) is 61.2 Å². The van der Waals surface area contributed by atoms with Crippen LogP contribution in [0.4, 0.5) is 0 Å². The minimum atomic E-state index is -3.96. The number of carbonyl (C=O) groups is 1. The summed E-state index contributed by atoms with van der Waals surface area (Å²) in [5.74, 6) is -0.0382. The third kappa shape index (κ3) is 5.32. The first-order valence-electron chi connectivity index (χ1n) is 9.50. The first-order chi connectivity index (χ1) is 14.9. The minimum absolute atomic E-state index is 0.00503. The first kappa shape index (κ1) is 22.3. The average molecular weight is 499 g/mol. The van der Waals surface area contributed by atoms with Crippen molar-refractivity contribution < 1.29 is 22.4 Å². The second-order valence-electron chi connectivity index (χ2n) is 6.77. The number of ether oxygens (including phenoxy) is 1. The summed E-state index contributed by atoms with van der Waals surface area (Å²) in [6.45, 7) is 1.15. The minimum Gasteiger partial charge on any atom is -0.428 e. The van der Waals surface area contributed by atoms with Gasteiger partial charge < -0.3 is 14.5 Å². The molecule has 164 valence electrons. The Labute approximate surface area is 193 Å². The number of rotatable bonds is 8. The van der Waals surface area contributed by atoms with Crippen LogP contribution < -0.4 is 5.32 Å². The molecule has 11 heteroatoms. The quantitative estimate of drug-likeness (QED) is 0.463. The van der Waals surface area contributed by atoms with Crippen LogP contribution in [0.25, 0.3) is 10.8 Å². The van der Waals surface area contributed by atoms with Crippen molar-refractivity contribution in [2.45, 2.75) is 34.0 Å². The highest BCUT2D eigenvalue weighted by Crippen LogP contribution is 2.36. The van der Waals surface area contributed by atoms with Gasteiger partial charge in [-0.25, -0.2) is 8.42 Å². The van der Waals surface area contributed by atoms with Crippen molar-refractivity contribution in [3.63, 3.8) is 0 Å². The number of hydrogen-bond acceptors (Lipinski definition) is 8. The van der Waals surface area contributed by atoms with Gasteiger partial charge >= 0.3 is 0 Å². The smallest absolute Gasteiger partial charge is 0.238 e. The lowest BCUT2D eigenvalue weighted by Crippen LogP contribution is -2.32. The fourth-order valence-electron chi connectivity index (χ4n) is 3.00. The van der Waals surface area contributed by atoms with E-state index < -0.39 is 9.84 Å². The monoisotopic (exact) mass is 498 g/mol. The van der Waals surface area contributed by atoms with Crippen LogP contribution in [0.1, 0.15) is 12.8 Å². The van der Waals surface area contributed by atoms with E-state index in [9.17, 15) is 13.2 Å². The molecule has 3 aromatic rings. The summed E-state index contributed by atoms with van der Waals surface area (Å²) in [6.07, 6.45) is 1.94. The SMILES string of the molecule is O=C(CSc1oc(-c2cccs2)nc1S(=O)(=O)c1ccc(Cl)cc1)NC[C@H]1CCCO1. The molecular formula is C20H19ClN2O5S3. The number of halogens is 1. The van der Waals surface area contributed by atoms with E-state index in [0.717, 1.165) is 24.6 Å². The largest absolute Gasteiger partial charge is 0.428 e. The van der Waals surface area contributed by atoms with Gasteiger partial charge in [0, 0.05) is 18.2 Å². The number of nitrogens with zero attached hydrogens (tertiary/aromatic N) is 1. The van der Waals surface area contributed by atoms with Crippen LogP contribution in [0, 0.1) is 0 Å². The van der Waals surface area contributed by atoms with E-state index in [-0.39, 0.29) is 38.7 Å². The lowest BCUT2D eigenvalue weighted by molar-refractivity contribution is -0.119. The molecule has 1 saturated heterocycles. The average Bonchev–Trinajstić information content (AvgIpc) is 3.52. The Morgan fingerprint density at radius 1 is 1.29 bits per heavy atom. The predicted molar refractivity (Wildman–Crippen MR) is 119 cm³/mol. The maximum Gasteiger partial charge on any atom is 0.238 e. The highest BCUT2D eigenvalue weighted by Gasteiger charge is 2.29. The van der Waals surface area contributed by atoms with Crippen LogP contribution >= 0.6 is 34.7 Å². The van der Waals surface area contributed by atoms with Gasteiger partial charge in [-0.1, -0.05) is 29.4 Å². The van der Waals surface area contributed by atoms with Gasteiger partial charge in [-0.2, -0.15) is 4.98 Å². The topological polar surface area (TPSA) is 98.5 Å². The van der Waals surface area contributed by atoms with E-state index in [4.69, 9.17) is 20.8 Å². The molecule has 31 heavy (non-hydrogen) atoms. The van der Waals surface area contributed by atoms with Crippen LogP contribution in [0.5, 0.6) is 0 Å². The summed E-state index contributed by atoms with van der Waals surface area (Å²) in [5, 5.41) is 4.95. The van der Waals surface area contributed by atoms with Gasteiger partial charge in [0.25, 0.3) is 0 Å². The number of oxazole rings is 1. The van der Waals surface area contributed by atoms with Crippen molar-refractivity contribution in [1.29, 1.82) is 0 Å². The summed E-state index contributed by atoms with van der Waals surface area (Å²) in [5.41, 5.74) is 0. The molecule has 1 aromatic carbocycles. The summed E-state index contributed by atoms with van der Waals surface area (Å²) in [6, 6.07) is 9.45. The molecule has 0 aliphatic carbocycles. The molecule has 1 aliphatic rings. The number of aromatic nitrogens is 1. The first-order valence-corrected chi connectivity index (χ1v) is 13.2. The maximum atomic E-state index is 13.2. The summed E-state index contributed by atoms with van der Waals surface area (Å²) in [7, 11) is -3.96. The summed E-state index contributed by atoms with van der Waals surface area (Å²) < 4.78 is 37.7. The molecular weight excluding hydrogens is 480 g/mol. The van der Waals surface area contributed by atoms with E-state index in [0.29, 0.717) is 23.1 Å². The number of thiophene rings is 1. The number of benzene rings is 1. The Bertz CT molecular complexity index is 1140. The van der Waals surface area contributed by atoms with Crippen LogP contribution in [-0.2, 0) is 19.4 Å². The van der Waals surface area contributed by atoms with E-state index in [1.165, 1.54) is 35.6 Å². The molecule has 1 N–H and O–H groups in total. The summed E-state index contributed by atoms with van der Waals surface area (Å²) >= 11 is 8.27. The third-order valence-corrected chi connectivity index (χ3v) is 8.43. The maximum absolute atomic E-state index is 13.2. The van der Waals surface area contributed by atoms with Crippen LogP contribution in [0.2, 0.25) is 5.02 Å². The number of hydrogen-bond donors (Lipinski definition) is 1. The van der Waals surface area contributed by atoms with Crippen molar-refractivity contribution >= 4 is 50.4 Å². The lowest BCUT2D eigenvalue weighted by Gasteiger charge is -2.10. The number of thioether (sulfide) groups is 1. The molecule has 0 unspecified atom stereocenters. The van der Waals surface area contributed by atoms with Gasteiger partial charge in [0.15, 0.2) is 0 Å². The molecule has 0 bridgehead atoms. The second kappa shape index (κ2) is 9.74. The Morgan fingerprint density at radius 3 is 2.77 bits per heavy atom. The second-order valence-corrected chi connectivity index (χ2v) is 11.0. The van der Waals surface area contributed by atoms with Gasteiger partial charge in [0.1, 0.15) is 0 Å². The van der Waals surface area contributed by atoms with Gasteiger partial charge in [-0.05, 0) is 48.6 Å². The van der Waals surface area contributed by atoms with E-state index in [1.807, 2.05) is 11.4 Å². The van der Waals surface area contributed by atoms with E-state index >= 15 is 0 Å². The Balaban J connectivity index is 1.55. The fourth-order valence-corrected chi connectivity index (χ4v) is 6.13. The highest BCUT2D eigenvalue weighted by molar-refractivity contribution is 8.00. The van der Waals surface area contributed by atoms with Crippen molar-refractivity contribution in [2.24, 2.45) is 0 Å². The third-order valence-electron chi connectivity index (χ3n) is 4.56. The molecule has 1 amide bonds. The fraction of sp³-hybridized carbons (Fsp3) is 0.300. The molecule has 0 radical (unpaired) electrons. The zero-order valence-electron chi connectivity index (χ0n) is 16.2. The van der Waals surface area contributed by atoms with Crippen LogP contribution in [-0.4, -0.2) is 44.3 Å². The molecule has 7 nitrogen and oxygen atoms in total. The molecule has 2 aromatic heterocycles. The van der Waals surface area contributed by atoms with Crippen molar-refractivity contribution in [2.75, 3.05) is 18.9 Å². The van der Waals surface area contributed by atoms with Crippen molar-refractivity contribution in [3.8, 4) is 10.8 Å². The Kier molecular flexibility index (Phi) is 7.02. The van der Waals surface area contributed by atoms with Gasteiger partial charge in [-0.15, -0.1) is 11.3 Å².